The molecule has 6 nitrogen and oxygen atoms in total. The molecule has 0 radical (unpaired) electrons. The summed E-state index contributed by atoms with van der Waals surface area (Å²) >= 11 is 7.35. The van der Waals surface area contributed by atoms with E-state index >= 15 is 0 Å². The van der Waals surface area contributed by atoms with E-state index in [9.17, 15) is 4.79 Å². The average Bonchev–Trinajstić information content (AvgIpc) is 3.03. The molecular formula is C20H22ClN5OS. The minimum Gasteiger partial charge on any atom is -0.378 e. The van der Waals surface area contributed by atoms with E-state index in [0.29, 0.717) is 10.2 Å². The van der Waals surface area contributed by atoms with Gasteiger partial charge in [0.1, 0.15) is 0 Å². The van der Waals surface area contributed by atoms with Gasteiger partial charge in [-0.15, -0.1) is 10.2 Å². The number of thioether (sulfide) groups is 1. The average molecular weight is 416 g/mol. The van der Waals surface area contributed by atoms with Crippen LogP contribution >= 0.6 is 23.4 Å². The molecule has 0 saturated heterocycles. The number of rotatable bonds is 6. The van der Waals surface area contributed by atoms with Crippen molar-refractivity contribution in [1.82, 2.24) is 14.8 Å². The van der Waals surface area contributed by atoms with Gasteiger partial charge in [0.2, 0.25) is 5.91 Å². The van der Waals surface area contributed by atoms with E-state index in [1.54, 1.807) is 12.1 Å². The van der Waals surface area contributed by atoms with Gasteiger partial charge < -0.3 is 14.8 Å². The van der Waals surface area contributed by atoms with Gasteiger partial charge in [-0.1, -0.05) is 29.4 Å². The zero-order valence-electron chi connectivity index (χ0n) is 16.2. The predicted molar refractivity (Wildman–Crippen MR) is 116 cm³/mol. The van der Waals surface area contributed by atoms with E-state index in [-0.39, 0.29) is 11.7 Å². The molecule has 0 aliphatic carbocycles. The lowest BCUT2D eigenvalue weighted by Crippen LogP contribution is -2.15. The SMILES string of the molecule is Cc1ccc(Cl)cc1NC(=O)CSc1nnc(-c2ccc(N(C)C)cc2)n1C. The monoisotopic (exact) mass is 415 g/mol. The van der Waals surface area contributed by atoms with E-state index in [4.69, 9.17) is 11.6 Å². The van der Waals surface area contributed by atoms with Gasteiger partial charge in [-0.2, -0.15) is 0 Å². The van der Waals surface area contributed by atoms with E-state index in [2.05, 4.69) is 15.5 Å². The highest BCUT2D eigenvalue weighted by molar-refractivity contribution is 7.99. The van der Waals surface area contributed by atoms with E-state index in [1.165, 1.54) is 11.8 Å². The fraction of sp³-hybridized carbons (Fsp3) is 0.250. The van der Waals surface area contributed by atoms with Crippen molar-refractivity contribution in [3.05, 3.63) is 53.1 Å². The van der Waals surface area contributed by atoms with Gasteiger partial charge in [0.25, 0.3) is 0 Å². The second-order valence-electron chi connectivity index (χ2n) is 6.60. The van der Waals surface area contributed by atoms with E-state index in [1.807, 2.05) is 67.9 Å². The first kappa shape index (κ1) is 20.2. The Kier molecular flexibility index (Phi) is 6.26. The van der Waals surface area contributed by atoms with Gasteiger partial charge in [-0.25, -0.2) is 0 Å². The molecule has 0 aliphatic heterocycles. The molecular weight excluding hydrogens is 394 g/mol. The summed E-state index contributed by atoms with van der Waals surface area (Å²) in [5, 5.41) is 12.7. The highest BCUT2D eigenvalue weighted by Gasteiger charge is 2.14. The second-order valence-corrected chi connectivity index (χ2v) is 7.98. The number of aryl methyl sites for hydroxylation is 1. The number of anilines is 2. The Bertz CT molecular complexity index is 985. The molecule has 28 heavy (non-hydrogen) atoms. The summed E-state index contributed by atoms with van der Waals surface area (Å²) < 4.78 is 1.90. The van der Waals surface area contributed by atoms with Crippen molar-refractivity contribution in [2.45, 2.75) is 12.1 Å². The third-order valence-corrected chi connectivity index (χ3v) is 5.54. The summed E-state index contributed by atoms with van der Waals surface area (Å²) in [5.41, 5.74) is 3.78. The van der Waals surface area contributed by atoms with Gasteiger partial charge in [-0.05, 0) is 48.9 Å². The van der Waals surface area contributed by atoms with E-state index < -0.39 is 0 Å². The van der Waals surface area contributed by atoms with Crippen LogP contribution < -0.4 is 10.2 Å². The topological polar surface area (TPSA) is 63.1 Å². The van der Waals surface area contributed by atoms with E-state index in [0.717, 1.165) is 28.3 Å². The molecule has 0 aliphatic rings. The number of carbonyl (C=O) groups excluding carboxylic acids is 1. The number of carbonyl (C=O) groups is 1. The van der Waals surface area contributed by atoms with Crippen LogP contribution in [0.4, 0.5) is 11.4 Å². The fourth-order valence-electron chi connectivity index (χ4n) is 2.65. The van der Waals surface area contributed by atoms with Crippen molar-refractivity contribution in [2.75, 3.05) is 30.1 Å². The molecule has 2 aromatic carbocycles. The summed E-state index contributed by atoms with van der Waals surface area (Å²) in [6.07, 6.45) is 0. The number of aromatic nitrogens is 3. The smallest absolute Gasteiger partial charge is 0.234 e. The maximum Gasteiger partial charge on any atom is 0.234 e. The first-order chi connectivity index (χ1) is 13.3. The van der Waals surface area contributed by atoms with Crippen LogP contribution in [0.15, 0.2) is 47.6 Å². The van der Waals surface area contributed by atoms with Crippen LogP contribution in [0.2, 0.25) is 5.02 Å². The van der Waals surface area contributed by atoms with Crippen molar-refractivity contribution in [2.24, 2.45) is 7.05 Å². The molecule has 0 unspecified atom stereocenters. The predicted octanol–water partition coefficient (Wildman–Crippen LogP) is 4.24. The Labute approximate surface area is 173 Å². The Balaban J connectivity index is 1.65. The lowest BCUT2D eigenvalue weighted by molar-refractivity contribution is -0.113. The molecule has 1 amide bonds. The highest BCUT2D eigenvalue weighted by atomic mass is 35.5. The van der Waals surface area contributed by atoms with Crippen LogP contribution in [0.3, 0.4) is 0 Å². The highest BCUT2D eigenvalue weighted by Crippen LogP contribution is 2.25. The van der Waals surface area contributed by atoms with Crippen LogP contribution in [0, 0.1) is 6.92 Å². The van der Waals surface area contributed by atoms with Crippen LogP contribution in [0.5, 0.6) is 0 Å². The number of halogens is 1. The normalized spacial score (nSPS) is 10.8. The number of hydrogen-bond acceptors (Lipinski definition) is 5. The van der Waals surface area contributed by atoms with Gasteiger partial charge >= 0.3 is 0 Å². The van der Waals surface area contributed by atoms with Crippen LogP contribution in [0.1, 0.15) is 5.56 Å². The van der Waals surface area contributed by atoms with Gasteiger partial charge in [0.15, 0.2) is 11.0 Å². The third-order valence-electron chi connectivity index (χ3n) is 4.28. The molecule has 0 spiro atoms. The molecule has 1 aromatic heterocycles. The molecule has 8 heteroatoms. The molecule has 0 saturated carbocycles. The summed E-state index contributed by atoms with van der Waals surface area (Å²) in [6.45, 7) is 1.93. The van der Waals surface area contributed by atoms with Crippen LogP contribution in [-0.2, 0) is 11.8 Å². The lowest BCUT2D eigenvalue weighted by atomic mass is 10.2. The third kappa shape index (κ3) is 4.66. The largest absolute Gasteiger partial charge is 0.378 e. The summed E-state index contributed by atoms with van der Waals surface area (Å²) in [7, 11) is 5.90. The molecule has 3 rings (SSSR count). The van der Waals surface area contributed by atoms with Crippen LogP contribution in [0.25, 0.3) is 11.4 Å². The zero-order chi connectivity index (χ0) is 20.3. The maximum absolute atomic E-state index is 12.3. The minimum atomic E-state index is -0.116. The number of hydrogen-bond donors (Lipinski definition) is 1. The first-order valence-corrected chi connectivity index (χ1v) is 10.1. The summed E-state index contributed by atoms with van der Waals surface area (Å²) in [6, 6.07) is 13.5. The van der Waals surface area contributed by atoms with Gasteiger partial charge in [0.05, 0.1) is 5.75 Å². The molecule has 0 fully saturated rings. The number of amides is 1. The Morgan fingerprint density at radius 2 is 1.89 bits per heavy atom. The van der Waals surface area contributed by atoms with Crippen molar-refractivity contribution < 1.29 is 4.79 Å². The number of nitrogens with one attached hydrogen (secondary N) is 1. The lowest BCUT2D eigenvalue weighted by Gasteiger charge is -2.12. The molecule has 0 atom stereocenters. The summed E-state index contributed by atoms with van der Waals surface area (Å²) in [5.74, 6) is 0.881. The van der Waals surface area contributed by atoms with Gasteiger partial charge in [0, 0.05) is 43.1 Å². The standard InChI is InChI=1S/C20H22ClN5OS/c1-13-5-8-15(21)11-17(13)22-18(27)12-28-20-24-23-19(26(20)4)14-6-9-16(10-7-14)25(2)3/h5-11H,12H2,1-4H3,(H,22,27). The maximum atomic E-state index is 12.3. The van der Waals surface area contributed by atoms with Crippen molar-refractivity contribution in [3.8, 4) is 11.4 Å². The molecule has 3 aromatic rings. The van der Waals surface area contributed by atoms with Crippen molar-refractivity contribution in [3.63, 3.8) is 0 Å². The second kappa shape index (κ2) is 8.67. The summed E-state index contributed by atoms with van der Waals surface area (Å²) in [4.78, 5) is 14.3. The van der Waals surface area contributed by atoms with Crippen molar-refractivity contribution >= 4 is 40.6 Å². The van der Waals surface area contributed by atoms with Crippen molar-refractivity contribution in [1.29, 1.82) is 0 Å². The molecule has 1 N–H and O–H groups in total. The number of benzene rings is 2. The van der Waals surface area contributed by atoms with Gasteiger partial charge in [-0.3, -0.25) is 4.79 Å². The molecule has 146 valence electrons. The minimum absolute atomic E-state index is 0.116. The zero-order valence-corrected chi connectivity index (χ0v) is 17.8. The Morgan fingerprint density at radius 1 is 1.18 bits per heavy atom. The number of nitrogens with zero attached hydrogens (tertiary/aromatic N) is 4. The van der Waals surface area contributed by atoms with Crippen LogP contribution in [-0.4, -0.2) is 40.5 Å². The Hall–Kier alpha value is -2.51. The Morgan fingerprint density at radius 3 is 2.57 bits per heavy atom. The molecule has 0 bridgehead atoms. The molecule has 1 heterocycles. The first-order valence-electron chi connectivity index (χ1n) is 8.71. The quantitative estimate of drug-likeness (QED) is 0.610. The fourth-order valence-corrected chi connectivity index (χ4v) is 3.53.